The normalized spacial score (nSPS) is 10.1. The average molecular weight is 237 g/mol. The molecule has 0 aliphatic rings. The summed E-state index contributed by atoms with van der Waals surface area (Å²) in [6, 6.07) is 3.33. The maximum Gasteiger partial charge on any atom is 0.260 e. The Hall–Kier alpha value is -1.81. The molecule has 0 aliphatic carbocycles. The highest BCUT2D eigenvalue weighted by molar-refractivity contribution is 6.32. The number of aryl methyl sites for hydroxylation is 1. The Labute approximate surface area is 97.2 Å². The van der Waals surface area contributed by atoms with Gasteiger partial charge in [-0.2, -0.15) is 0 Å². The Kier molecular flexibility index (Phi) is 2.92. The molecule has 2 rings (SSSR count). The molecule has 0 aromatic carbocycles. The largest absolute Gasteiger partial charge is 0.452 e. The Bertz CT molecular complexity index is 522. The van der Waals surface area contributed by atoms with Crippen LogP contribution in [-0.2, 0) is 0 Å². The second-order valence-corrected chi connectivity index (χ2v) is 3.60. The molecule has 0 aliphatic heterocycles. The van der Waals surface area contributed by atoms with Gasteiger partial charge in [-0.25, -0.2) is 0 Å². The molecule has 1 N–H and O–H groups in total. The van der Waals surface area contributed by atoms with E-state index in [2.05, 4.69) is 10.3 Å². The van der Waals surface area contributed by atoms with Crippen LogP contribution >= 0.6 is 11.6 Å². The summed E-state index contributed by atoms with van der Waals surface area (Å²) in [6.45, 7) is 1.88. The van der Waals surface area contributed by atoms with Crippen LogP contribution in [0.5, 0.6) is 0 Å². The molecule has 0 saturated heterocycles. The maximum atomic E-state index is 11.8. The Balaban J connectivity index is 2.21. The number of hydrogen-bond donors (Lipinski definition) is 1. The minimum absolute atomic E-state index is 0.0824. The van der Waals surface area contributed by atoms with Gasteiger partial charge in [0.2, 0.25) is 5.22 Å². The van der Waals surface area contributed by atoms with E-state index in [-0.39, 0.29) is 11.1 Å². The number of rotatable bonds is 2. The third-order valence-electron chi connectivity index (χ3n) is 2.15. The van der Waals surface area contributed by atoms with Crippen molar-refractivity contribution in [2.75, 3.05) is 5.32 Å². The van der Waals surface area contributed by atoms with E-state index < -0.39 is 0 Å². The monoisotopic (exact) mass is 236 g/mol. The van der Waals surface area contributed by atoms with Crippen LogP contribution in [0.1, 0.15) is 15.9 Å². The second-order valence-electron chi connectivity index (χ2n) is 3.25. The van der Waals surface area contributed by atoms with Crippen LogP contribution in [0.15, 0.2) is 35.2 Å². The fourth-order valence-electron chi connectivity index (χ4n) is 1.24. The van der Waals surface area contributed by atoms with Crippen molar-refractivity contribution in [1.82, 2.24) is 4.98 Å². The van der Waals surface area contributed by atoms with Gasteiger partial charge in [-0.05, 0) is 36.2 Å². The minimum atomic E-state index is -0.310. The van der Waals surface area contributed by atoms with E-state index >= 15 is 0 Å². The SMILES string of the molecule is Cc1ccncc1NC(=O)c1ccoc1Cl. The summed E-state index contributed by atoms with van der Waals surface area (Å²) in [5.41, 5.74) is 1.90. The fourth-order valence-corrected chi connectivity index (χ4v) is 1.44. The molecule has 1 amide bonds. The summed E-state index contributed by atoms with van der Waals surface area (Å²) in [5.74, 6) is -0.310. The lowest BCUT2D eigenvalue weighted by molar-refractivity contribution is 0.102. The number of nitrogens with zero attached hydrogens (tertiary/aromatic N) is 1. The number of amides is 1. The van der Waals surface area contributed by atoms with Crippen LogP contribution < -0.4 is 5.32 Å². The van der Waals surface area contributed by atoms with Gasteiger partial charge in [-0.3, -0.25) is 9.78 Å². The highest BCUT2D eigenvalue weighted by Gasteiger charge is 2.13. The van der Waals surface area contributed by atoms with Gasteiger partial charge in [0.15, 0.2) is 0 Å². The zero-order valence-corrected chi connectivity index (χ0v) is 9.28. The van der Waals surface area contributed by atoms with E-state index in [9.17, 15) is 4.79 Å². The van der Waals surface area contributed by atoms with Gasteiger partial charge in [-0.15, -0.1) is 0 Å². The quantitative estimate of drug-likeness (QED) is 0.872. The van der Waals surface area contributed by atoms with Gasteiger partial charge in [0.25, 0.3) is 5.91 Å². The summed E-state index contributed by atoms with van der Waals surface area (Å²) in [6.07, 6.45) is 4.62. The minimum Gasteiger partial charge on any atom is -0.452 e. The predicted octanol–water partition coefficient (Wildman–Crippen LogP) is 2.89. The first-order valence-electron chi connectivity index (χ1n) is 4.63. The van der Waals surface area contributed by atoms with E-state index in [1.165, 1.54) is 12.3 Å². The molecule has 4 nitrogen and oxygen atoms in total. The summed E-state index contributed by atoms with van der Waals surface area (Å²) >= 11 is 5.70. The maximum absolute atomic E-state index is 11.8. The lowest BCUT2D eigenvalue weighted by atomic mass is 10.2. The summed E-state index contributed by atoms with van der Waals surface area (Å²) < 4.78 is 4.84. The number of carbonyl (C=O) groups is 1. The molecular formula is C11H9ClN2O2. The molecule has 0 fully saturated rings. The molecule has 2 aromatic heterocycles. The molecule has 2 heterocycles. The smallest absolute Gasteiger partial charge is 0.260 e. The van der Waals surface area contributed by atoms with E-state index in [1.807, 2.05) is 13.0 Å². The van der Waals surface area contributed by atoms with E-state index in [0.29, 0.717) is 11.3 Å². The van der Waals surface area contributed by atoms with Crippen molar-refractivity contribution in [3.8, 4) is 0 Å². The summed E-state index contributed by atoms with van der Waals surface area (Å²) in [7, 11) is 0. The van der Waals surface area contributed by atoms with Gasteiger partial charge in [0.05, 0.1) is 23.7 Å². The topological polar surface area (TPSA) is 55.1 Å². The lowest BCUT2D eigenvalue weighted by Crippen LogP contribution is -2.12. The van der Waals surface area contributed by atoms with E-state index in [1.54, 1.807) is 12.4 Å². The van der Waals surface area contributed by atoms with Crippen molar-refractivity contribution < 1.29 is 9.21 Å². The number of pyridine rings is 1. The molecular weight excluding hydrogens is 228 g/mol. The third-order valence-corrected chi connectivity index (χ3v) is 2.44. The van der Waals surface area contributed by atoms with Crippen LogP contribution in [0, 0.1) is 6.92 Å². The Morgan fingerprint density at radius 2 is 2.31 bits per heavy atom. The van der Waals surface area contributed by atoms with Crippen molar-refractivity contribution >= 4 is 23.2 Å². The first-order chi connectivity index (χ1) is 7.68. The highest BCUT2D eigenvalue weighted by atomic mass is 35.5. The van der Waals surface area contributed by atoms with Crippen LogP contribution in [0.2, 0.25) is 5.22 Å². The van der Waals surface area contributed by atoms with Crippen molar-refractivity contribution in [2.24, 2.45) is 0 Å². The van der Waals surface area contributed by atoms with Crippen molar-refractivity contribution in [2.45, 2.75) is 6.92 Å². The molecule has 0 saturated carbocycles. The third kappa shape index (κ3) is 2.06. The molecule has 0 spiro atoms. The number of aromatic nitrogens is 1. The number of hydrogen-bond acceptors (Lipinski definition) is 3. The molecule has 0 atom stereocenters. The summed E-state index contributed by atoms with van der Waals surface area (Å²) in [5, 5.41) is 2.79. The molecule has 82 valence electrons. The predicted molar refractivity (Wildman–Crippen MR) is 60.6 cm³/mol. The van der Waals surface area contributed by atoms with Gasteiger partial charge >= 0.3 is 0 Å². The van der Waals surface area contributed by atoms with E-state index in [0.717, 1.165) is 5.56 Å². The molecule has 0 radical (unpaired) electrons. The van der Waals surface area contributed by atoms with Crippen LogP contribution in [-0.4, -0.2) is 10.9 Å². The van der Waals surface area contributed by atoms with Gasteiger partial charge in [-0.1, -0.05) is 0 Å². The number of furan rings is 1. The lowest BCUT2D eigenvalue weighted by Gasteiger charge is -2.05. The summed E-state index contributed by atoms with van der Waals surface area (Å²) in [4.78, 5) is 15.7. The van der Waals surface area contributed by atoms with Crippen LogP contribution in [0.25, 0.3) is 0 Å². The zero-order valence-electron chi connectivity index (χ0n) is 8.53. The van der Waals surface area contributed by atoms with Gasteiger partial charge < -0.3 is 9.73 Å². The van der Waals surface area contributed by atoms with Crippen molar-refractivity contribution in [3.05, 3.63) is 47.1 Å². The second kappa shape index (κ2) is 4.37. The highest BCUT2D eigenvalue weighted by Crippen LogP contribution is 2.19. The zero-order chi connectivity index (χ0) is 11.5. The van der Waals surface area contributed by atoms with Crippen LogP contribution in [0.4, 0.5) is 5.69 Å². The van der Waals surface area contributed by atoms with Crippen molar-refractivity contribution in [3.63, 3.8) is 0 Å². The fraction of sp³-hybridized carbons (Fsp3) is 0.0909. The molecule has 5 heteroatoms. The average Bonchev–Trinajstić information content (AvgIpc) is 2.68. The molecule has 0 unspecified atom stereocenters. The van der Waals surface area contributed by atoms with E-state index in [4.69, 9.17) is 16.0 Å². The first kappa shape index (κ1) is 10.7. The first-order valence-corrected chi connectivity index (χ1v) is 5.01. The van der Waals surface area contributed by atoms with Gasteiger partial charge in [0, 0.05) is 6.20 Å². The standard InChI is InChI=1S/C11H9ClN2O2/c1-7-2-4-13-6-9(7)14-11(15)8-3-5-16-10(8)12/h2-6H,1H3,(H,14,15). The Morgan fingerprint density at radius 3 is 2.94 bits per heavy atom. The molecule has 2 aromatic rings. The number of carbonyl (C=O) groups excluding carboxylic acids is 1. The number of anilines is 1. The molecule has 0 bridgehead atoms. The molecule has 16 heavy (non-hydrogen) atoms. The number of halogens is 1. The van der Waals surface area contributed by atoms with Crippen LogP contribution in [0.3, 0.4) is 0 Å². The van der Waals surface area contributed by atoms with Gasteiger partial charge in [0.1, 0.15) is 0 Å². The number of nitrogens with one attached hydrogen (secondary N) is 1. The van der Waals surface area contributed by atoms with Crippen molar-refractivity contribution in [1.29, 1.82) is 0 Å². The Morgan fingerprint density at radius 1 is 1.50 bits per heavy atom.